The fraction of sp³-hybridized carbons (Fsp3) is 0.800. The lowest BCUT2D eigenvalue weighted by atomic mass is 10.1. The molecule has 3 heteroatoms. The third kappa shape index (κ3) is 28.1. The Kier molecular flexibility index (Phi) is 31.3. The van der Waals surface area contributed by atoms with Crippen LogP contribution in [-0.2, 0) is 9.47 Å². The van der Waals surface area contributed by atoms with Crippen molar-refractivity contribution in [3.05, 3.63) is 48.6 Å². The molecule has 1 rings (SSSR count). The fourth-order valence-corrected chi connectivity index (χ4v) is 5.61. The van der Waals surface area contributed by atoms with Crippen LogP contribution in [-0.4, -0.2) is 38.5 Å². The van der Waals surface area contributed by atoms with E-state index in [4.69, 9.17) is 9.47 Å². The highest BCUT2D eigenvalue weighted by Crippen LogP contribution is 2.14. The molecule has 0 spiro atoms. The Hall–Kier alpha value is -1.16. The van der Waals surface area contributed by atoms with Gasteiger partial charge >= 0.3 is 0 Å². The standard InChI is InChI=1S/C40H73NO2/c1-3-5-7-9-11-13-15-17-19-21-23-25-27-29-31-33-35-42-39-37-41-38-40(39)43-36-34-32-30-28-26-24-22-20-18-16-14-12-10-8-6-4-2/h11-14,17-20,39-41H,3-10,15-16,21-38H2,1-2H3/t39-,40?/m1/s1. The summed E-state index contributed by atoms with van der Waals surface area (Å²) in [6.07, 6.45) is 50.1. The van der Waals surface area contributed by atoms with Crippen molar-refractivity contribution in [2.24, 2.45) is 0 Å². The van der Waals surface area contributed by atoms with E-state index in [0.717, 1.165) is 39.1 Å². The summed E-state index contributed by atoms with van der Waals surface area (Å²) in [5.41, 5.74) is 0. The van der Waals surface area contributed by atoms with Crippen molar-refractivity contribution in [1.82, 2.24) is 5.32 Å². The summed E-state index contributed by atoms with van der Waals surface area (Å²) >= 11 is 0. The molecule has 1 aliphatic rings. The maximum absolute atomic E-state index is 6.21. The number of unbranched alkanes of at least 4 members (excludes halogenated alkanes) is 18. The second-order valence-corrected chi connectivity index (χ2v) is 12.6. The van der Waals surface area contributed by atoms with Crippen LogP contribution >= 0.6 is 0 Å². The molecule has 0 amide bonds. The Labute approximate surface area is 269 Å². The lowest BCUT2D eigenvalue weighted by Crippen LogP contribution is -2.30. The van der Waals surface area contributed by atoms with Crippen LogP contribution in [0.3, 0.4) is 0 Å². The van der Waals surface area contributed by atoms with Gasteiger partial charge in [0.15, 0.2) is 0 Å². The van der Waals surface area contributed by atoms with Crippen molar-refractivity contribution in [2.45, 2.75) is 180 Å². The number of hydrogen-bond acceptors (Lipinski definition) is 3. The average Bonchev–Trinajstić information content (AvgIpc) is 3.47. The zero-order valence-electron chi connectivity index (χ0n) is 28.9. The van der Waals surface area contributed by atoms with Crippen LogP contribution in [0.4, 0.5) is 0 Å². The predicted octanol–water partition coefficient (Wildman–Crippen LogP) is 12.0. The van der Waals surface area contributed by atoms with Gasteiger partial charge in [-0.25, -0.2) is 0 Å². The lowest BCUT2D eigenvalue weighted by molar-refractivity contribution is -0.0481. The predicted molar refractivity (Wildman–Crippen MR) is 191 cm³/mol. The normalized spacial score (nSPS) is 17.6. The van der Waals surface area contributed by atoms with Crippen molar-refractivity contribution in [1.29, 1.82) is 0 Å². The van der Waals surface area contributed by atoms with Gasteiger partial charge in [0.2, 0.25) is 0 Å². The van der Waals surface area contributed by atoms with Gasteiger partial charge in [-0.2, -0.15) is 0 Å². The van der Waals surface area contributed by atoms with Gasteiger partial charge in [0.25, 0.3) is 0 Å². The zero-order chi connectivity index (χ0) is 30.7. The first kappa shape index (κ1) is 39.9. The molecule has 0 aromatic carbocycles. The van der Waals surface area contributed by atoms with E-state index in [1.807, 2.05) is 0 Å². The Balaban J connectivity index is 1.85. The van der Waals surface area contributed by atoms with E-state index in [1.54, 1.807) is 0 Å². The van der Waals surface area contributed by atoms with E-state index in [9.17, 15) is 0 Å². The highest BCUT2D eigenvalue weighted by molar-refractivity contribution is 4.93. The third-order valence-electron chi connectivity index (χ3n) is 8.46. The summed E-state index contributed by atoms with van der Waals surface area (Å²) in [5.74, 6) is 0. The van der Waals surface area contributed by atoms with Crippen molar-refractivity contribution in [2.75, 3.05) is 26.3 Å². The largest absolute Gasteiger partial charge is 0.374 e. The van der Waals surface area contributed by atoms with Crippen LogP contribution in [0.2, 0.25) is 0 Å². The average molecular weight is 600 g/mol. The molecule has 1 heterocycles. The molecule has 0 aliphatic carbocycles. The van der Waals surface area contributed by atoms with Crippen LogP contribution in [0.5, 0.6) is 0 Å². The van der Waals surface area contributed by atoms with E-state index >= 15 is 0 Å². The van der Waals surface area contributed by atoms with Crippen molar-refractivity contribution < 1.29 is 9.47 Å². The minimum atomic E-state index is 0.238. The van der Waals surface area contributed by atoms with Crippen LogP contribution in [0.25, 0.3) is 0 Å². The molecule has 0 saturated carbocycles. The molecule has 0 radical (unpaired) electrons. The Morgan fingerprint density at radius 2 is 0.744 bits per heavy atom. The summed E-state index contributed by atoms with van der Waals surface area (Å²) in [6.45, 7) is 8.17. The van der Waals surface area contributed by atoms with Gasteiger partial charge in [-0.1, -0.05) is 140 Å². The monoisotopic (exact) mass is 600 g/mol. The van der Waals surface area contributed by atoms with E-state index in [0.29, 0.717) is 0 Å². The minimum Gasteiger partial charge on any atom is -0.374 e. The summed E-state index contributed by atoms with van der Waals surface area (Å²) in [6, 6.07) is 0. The van der Waals surface area contributed by atoms with Crippen molar-refractivity contribution in [3.63, 3.8) is 0 Å². The highest BCUT2D eigenvalue weighted by Gasteiger charge is 2.28. The topological polar surface area (TPSA) is 30.5 Å². The van der Waals surface area contributed by atoms with E-state index < -0.39 is 0 Å². The summed E-state index contributed by atoms with van der Waals surface area (Å²) in [4.78, 5) is 0. The molecule has 1 unspecified atom stereocenters. The third-order valence-corrected chi connectivity index (χ3v) is 8.46. The maximum Gasteiger partial charge on any atom is 0.0973 e. The van der Waals surface area contributed by atoms with Gasteiger partial charge in [0, 0.05) is 26.3 Å². The number of hydrogen-bond donors (Lipinski definition) is 1. The molecular formula is C40H73NO2. The Morgan fingerprint density at radius 1 is 0.419 bits per heavy atom. The molecule has 250 valence electrons. The molecule has 43 heavy (non-hydrogen) atoms. The van der Waals surface area contributed by atoms with Gasteiger partial charge in [0.05, 0.1) is 12.2 Å². The first-order valence-electron chi connectivity index (χ1n) is 18.9. The van der Waals surface area contributed by atoms with Gasteiger partial charge < -0.3 is 14.8 Å². The quantitative estimate of drug-likeness (QED) is 0.0616. The maximum atomic E-state index is 6.21. The molecule has 0 aromatic rings. The summed E-state index contributed by atoms with van der Waals surface area (Å²) in [7, 11) is 0. The molecule has 1 N–H and O–H groups in total. The zero-order valence-corrected chi connectivity index (χ0v) is 28.9. The number of rotatable bonds is 32. The van der Waals surface area contributed by atoms with E-state index in [-0.39, 0.29) is 12.2 Å². The molecule has 0 bridgehead atoms. The molecule has 0 aromatic heterocycles. The second-order valence-electron chi connectivity index (χ2n) is 12.6. The second kappa shape index (κ2) is 33.7. The van der Waals surface area contributed by atoms with Crippen LogP contribution < -0.4 is 5.32 Å². The lowest BCUT2D eigenvalue weighted by Gasteiger charge is -2.20. The SMILES string of the molecule is CCCCCC=CCC=CCCCCCCCCOC1CNC[C@H]1OCCCCCCCCC=CCC=CCCCCC. The molecule has 1 fully saturated rings. The van der Waals surface area contributed by atoms with E-state index in [1.165, 1.54) is 141 Å². The number of nitrogens with one attached hydrogen (secondary N) is 1. The number of allylic oxidation sites excluding steroid dienone is 8. The van der Waals surface area contributed by atoms with Gasteiger partial charge in [-0.3, -0.25) is 0 Å². The van der Waals surface area contributed by atoms with Crippen molar-refractivity contribution >= 4 is 0 Å². The van der Waals surface area contributed by atoms with E-state index in [2.05, 4.69) is 67.8 Å². The Morgan fingerprint density at radius 3 is 1.12 bits per heavy atom. The molecular weight excluding hydrogens is 526 g/mol. The molecule has 2 atom stereocenters. The van der Waals surface area contributed by atoms with Gasteiger partial charge in [-0.15, -0.1) is 0 Å². The van der Waals surface area contributed by atoms with Gasteiger partial charge in [0.1, 0.15) is 0 Å². The fourth-order valence-electron chi connectivity index (χ4n) is 5.61. The molecule has 1 saturated heterocycles. The molecule has 3 nitrogen and oxygen atoms in total. The van der Waals surface area contributed by atoms with Crippen LogP contribution in [0.1, 0.15) is 168 Å². The minimum absolute atomic E-state index is 0.238. The summed E-state index contributed by atoms with van der Waals surface area (Å²) < 4.78 is 12.4. The first-order chi connectivity index (χ1) is 21.4. The highest BCUT2D eigenvalue weighted by atomic mass is 16.5. The molecule has 1 aliphatic heterocycles. The Bertz CT molecular complexity index is 611. The smallest absolute Gasteiger partial charge is 0.0973 e. The summed E-state index contributed by atoms with van der Waals surface area (Å²) in [5, 5.41) is 3.47. The van der Waals surface area contributed by atoms with Crippen LogP contribution in [0, 0.1) is 0 Å². The number of ether oxygens (including phenoxy) is 2. The van der Waals surface area contributed by atoms with Crippen molar-refractivity contribution in [3.8, 4) is 0 Å². The first-order valence-corrected chi connectivity index (χ1v) is 18.9. The van der Waals surface area contributed by atoms with Crippen LogP contribution in [0.15, 0.2) is 48.6 Å². The van der Waals surface area contributed by atoms with Gasteiger partial charge in [-0.05, 0) is 77.0 Å².